The highest BCUT2D eigenvalue weighted by molar-refractivity contribution is 6.31. The van der Waals surface area contributed by atoms with Gasteiger partial charge in [-0.1, -0.05) is 53.6 Å². The van der Waals surface area contributed by atoms with Crippen molar-refractivity contribution in [3.63, 3.8) is 0 Å². The molecule has 3 heterocycles. The quantitative estimate of drug-likeness (QED) is 0.521. The van der Waals surface area contributed by atoms with Gasteiger partial charge in [-0.3, -0.25) is 14.3 Å². The predicted molar refractivity (Wildman–Crippen MR) is 129 cm³/mol. The first kappa shape index (κ1) is 21.5. The topological polar surface area (TPSA) is 67.2 Å². The lowest BCUT2D eigenvalue weighted by molar-refractivity contribution is -0.115. The molecule has 0 aliphatic carbocycles. The van der Waals surface area contributed by atoms with Gasteiger partial charge in [-0.15, -0.1) is 0 Å². The second-order valence-corrected chi connectivity index (χ2v) is 9.11. The van der Waals surface area contributed by atoms with Crippen LogP contribution in [-0.4, -0.2) is 33.0 Å². The van der Waals surface area contributed by atoms with Gasteiger partial charge < -0.3 is 10.2 Å². The summed E-state index contributed by atoms with van der Waals surface area (Å²) in [6.07, 6.45) is 5.85. The molecule has 5 rings (SSSR count). The van der Waals surface area contributed by atoms with Crippen molar-refractivity contribution in [2.24, 2.45) is 0 Å². The van der Waals surface area contributed by atoms with E-state index in [1.807, 2.05) is 33.9 Å². The first-order valence-corrected chi connectivity index (χ1v) is 11.5. The minimum Gasteiger partial charge on any atom is -0.331 e. The summed E-state index contributed by atoms with van der Waals surface area (Å²) in [6.45, 7) is 3.22. The Kier molecular flexibility index (Phi) is 5.77. The smallest absolute Gasteiger partial charge is 0.272 e. The van der Waals surface area contributed by atoms with Crippen LogP contribution in [-0.2, 0) is 11.3 Å². The molecular weight excluding hydrogens is 436 g/mol. The first-order chi connectivity index (χ1) is 16.0. The van der Waals surface area contributed by atoms with Crippen LogP contribution in [0.15, 0.2) is 60.7 Å². The van der Waals surface area contributed by atoms with Gasteiger partial charge in [0.15, 0.2) is 0 Å². The average molecular weight is 461 g/mol. The van der Waals surface area contributed by atoms with E-state index >= 15 is 0 Å². The van der Waals surface area contributed by atoms with Gasteiger partial charge in [0.1, 0.15) is 5.69 Å². The summed E-state index contributed by atoms with van der Waals surface area (Å²) in [4.78, 5) is 27.8. The maximum absolute atomic E-state index is 13.4. The van der Waals surface area contributed by atoms with Crippen LogP contribution in [0.4, 0.5) is 5.69 Å². The lowest BCUT2D eigenvalue weighted by Gasteiger charge is -2.33. The standard InChI is InChI=1S/C26H25ClN4O2/c1-17-7-9-18(10-8-17)15-30-16-20-5-3-2-4-6-25(32)28-22-13-19(27)11-12-21(22)23-14-24(26(30)33)31(20)29-23/h2,4,7-14,20H,3,5-6,15-16H2,1H3,(H,28,32)/b4-2+. The van der Waals surface area contributed by atoms with E-state index < -0.39 is 0 Å². The molecule has 0 fully saturated rings. The Balaban J connectivity index is 1.56. The SMILES string of the molecule is Cc1ccc(CN2CC3CC/C=C/CC(=O)Nc4cc(Cl)ccc4-c4cc(n3n4)C2=O)cc1. The summed E-state index contributed by atoms with van der Waals surface area (Å²) in [5.41, 5.74) is 4.87. The van der Waals surface area contributed by atoms with Crippen LogP contribution in [0.2, 0.25) is 5.02 Å². The molecule has 1 atom stereocenters. The summed E-state index contributed by atoms with van der Waals surface area (Å²) in [7, 11) is 0. The molecule has 2 aliphatic heterocycles. The fraction of sp³-hybridized carbons (Fsp3) is 0.269. The minimum atomic E-state index is -0.113. The second-order valence-electron chi connectivity index (χ2n) is 8.68. The molecule has 0 saturated carbocycles. The van der Waals surface area contributed by atoms with E-state index in [1.54, 1.807) is 12.1 Å². The number of fused-ring (bicyclic) bond motifs is 3. The Morgan fingerprint density at radius 3 is 2.73 bits per heavy atom. The van der Waals surface area contributed by atoms with Crippen molar-refractivity contribution in [3.8, 4) is 11.3 Å². The van der Waals surface area contributed by atoms with E-state index in [1.165, 1.54) is 5.56 Å². The van der Waals surface area contributed by atoms with Gasteiger partial charge in [0.05, 0.1) is 17.4 Å². The number of nitrogens with zero attached hydrogens (tertiary/aromatic N) is 3. The van der Waals surface area contributed by atoms with Crippen molar-refractivity contribution in [3.05, 3.63) is 82.5 Å². The highest BCUT2D eigenvalue weighted by Crippen LogP contribution is 2.34. The van der Waals surface area contributed by atoms with Crippen LogP contribution < -0.4 is 5.32 Å². The Morgan fingerprint density at radius 1 is 1.09 bits per heavy atom. The number of carbonyl (C=O) groups excluding carboxylic acids is 2. The van der Waals surface area contributed by atoms with Crippen LogP contribution in [0.25, 0.3) is 11.3 Å². The maximum Gasteiger partial charge on any atom is 0.272 e. The normalized spacial score (nSPS) is 19.1. The first-order valence-electron chi connectivity index (χ1n) is 11.2. The van der Waals surface area contributed by atoms with Crippen LogP contribution in [0.3, 0.4) is 0 Å². The summed E-state index contributed by atoms with van der Waals surface area (Å²) in [6, 6.07) is 15.5. The molecule has 168 valence electrons. The second kappa shape index (κ2) is 8.87. The molecule has 2 amide bonds. The third kappa shape index (κ3) is 4.44. The number of rotatable bonds is 2. The molecule has 7 heteroatoms. The minimum absolute atomic E-state index is 0.0345. The molecule has 1 aromatic heterocycles. The van der Waals surface area contributed by atoms with Gasteiger partial charge in [-0.25, -0.2) is 0 Å². The molecule has 0 radical (unpaired) electrons. The zero-order chi connectivity index (χ0) is 22.9. The van der Waals surface area contributed by atoms with Crippen molar-refractivity contribution in [2.45, 2.75) is 38.8 Å². The van der Waals surface area contributed by atoms with E-state index in [2.05, 4.69) is 36.5 Å². The number of halogens is 1. The number of carbonyl (C=O) groups is 2. The van der Waals surface area contributed by atoms with Gasteiger partial charge >= 0.3 is 0 Å². The van der Waals surface area contributed by atoms with Crippen LogP contribution in [0.5, 0.6) is 0 Å². The molecule has 1 N–H and O–H groups in total. The molecular formula is C26H25ClN4O2. The van der Waals surface area contributed by atoms with Crippen LogP contribution >= 0.6 is 11.6 Å². The Morgan fingerprint density at radius 2 is 1.91 bits per heavy atom. The molecule has 33 heavy (non-hydrogen) atoms. The van der Waals surface area contributed by atoms with Crippen molar-refractivity contribution in [1.82, 2.24) is 14.7 Å². The number of hydrogen-bond donors (Lipinski definition) is 1. The number of benzene rings is 2. The predicted octanol–water partition coefficient (Wildman–Crippen LogP) is 5.39. The van der Waals surface area contributed by atoms with Gasteiger partial charge in [0.25, 0.3) is 5.91 Å². The van der Waals surface area contributed by atoms with Gasteiger partial charge in [0, 0.05) is 30.1 Å². The van der Waals surface area contributed by atoms with Crippen LogP contribution in [0.1, 0.15) is 46.9 Å². The number of aromatic nitrogens is 2. The Labute approximate surface area is 197 Å². The number of anilines is 1. The number of aryl methyl sites for hydroxylation is 1. The zero-order valence-corrected chi connectivity index (χ0v) is 19.2. The fourth-order valence-corrected chi connectivity index (χ4v) is 4.62. The van der Waals surface area contributed by atoms with Crippen LogP contribution in [0, 0.1) is 6.92 Å². The monoisotopic (exact) mass is 460 g/mol. The van der Waals surface area contributed by atoms with E-state index in [9.17, 15) is 9.59 Å². The highest BCUT2D eigenvalue weighted by Gasteiger charge is 2.33. The molecule has 2 aliphatic rings. The zero-order valence-electron chi connectivity index (χ0n) is 18.4. The van der Waals surface area contributed by atoms with E-state index in [0.29, 0.717) is 41.6 Å². The molecule has 1 unspecified atom stereocenters. The molecule has 6 nitrogen and oxygen atoms in total. The molecule has 2 bridgehead atoms. The molecule has 3 aromatic rings. The van der Waals surface area contributed by atoms with Crippen molar-refractivity contribution in [1.29, 1.82) is 0 Å². The Hall–Kier alpha value is -3.38. The Bertz CT molecular complexity index is 1250. The fourth-order valence-electron chi connectivity index (χ4n) is 4.45. The van der Waals surface area contributed by atoms with Crippen molar-refractivity contribution >= 4 is 29.1 Å². The summed E-state index contributed by atoms with van der Waals surface area (Å²) in [5, 5.41) is 8.29. The summed E-state index contributed by atoms with van der Waals surface area (Å²) >= 11 is 6.20. The van der Waals surface area contributed by atoms with E-state index in [4.69, 9.17) is 16.7 Å². The lowest BCUT2D eigenvalue weighted by Crippen LogP contribution is -2.42. The third-order valence-electron chi connectivity index (χ3n) is 6.18. The number of amides is 2. The maximum atomic E-state index is 13.4. The summed E-state index contributed by atoms with van der Waals surface area (Å²) in [5.74, 6) is -0.148. The van der Waals surface area contributed by atoms with Gasteiger partial charge in [-0.05, 0) is 49.6 Å². The molecule has 0 saturated heterocycles. The molecule has 2 aromatic carbocycles. The van der Waals surface area contributed by atoms with Crippen molar-refractivity contribution in [2.75, 3.05) is 11.9 Å². The van der Waals surface area contributed by atoms with E-state index in [-0.39, 0.29) is 17.9 Å². The number of hydrogen-bond acceptors (Lipinski definition) is 3. The van der Waals surface area contributed by atoms with Crippen molar-refractivity contribution < 1.29 is 9.59 Å². The van der Waals surface area contributed by atoms with Gasteiger partial charge in [0.2, 0.25) is 5.91 Å². The lowest BCUT2D eigenvalue weighted by atomic mass is 10.0. The van der Waals surface area contributed by atoms with E-state index in [0.717, 1.165) is 24.0 Å². The summed E-state index contributed by atoms with van der Waals surface area (Å²) < 4.78 is 1.87. The average Bonchev–Trinajstić information content (AvgIpc) is 3.23. The highest BCUT2D eigenvalue weighted by atomic mass is 35.5. The number of nitrogens with one attached hydrogen (secondary N) is 1. The number of allylic oxidation sites excluding steroid dienone is 1. The molecule has 0 spiro atoms. The largest absolute Gasteiger partial charge is 0.331 e. The van der Waals surface area contributed by atoms with Gasteiger partial charge in [-0.2, -0.15) is 5.10 Å². The third-order valence-corrected chi connectivity index (χ3v) is 6.42.